The third-order valence-electron chi connectivity index (χ3n) is 4.51. The Balaban J connectivity index is 2.08. The molecule has 0 fully saturated rings. The number of hydrogen-bond acceptors (Lipinski definition) is 9. The summed E-state index contributed by atoms with van der Waals surface area (Å²) in [6, 6.07) is 4.98. The van der Waals surface area contributed by atoms with Gasteiger partial charge in [-0.15, -0.1) is 11.3 Å². The number of methoxy groups -OCH3 is 2. The lowest BCUT2D eigenvalue weighted by molar-refractivity contribution is -0.146. The fourth-order valence-electron chi connectivity index (χ4n) is 2.89. The SMILES string of the molecule is CCOC(=O)c1c(NC(=O)COC(=O)Cc2ccc(OC)cc2OC)sc(C(=O)NC)c1C. The van der Waals surface area contributed by atoms with E-state index in [1.165, 1.54) is 21.3 Å². The Bertz CT molecular complexity index is 1050. The van der Waals surface area contributed by atoms with Crippen LogP contribution in [-0.2, 0) is 25.5 Å². The fourth-order valence-corrected chi connectivity index (χ4v) is 4.05. The molecular weight excluding hydrogens is 452 g/mol. The standard InChI is InChI=1S/C22H26N2O8S/c1-6-31-22(28)18-12(2)19(20(27)23-3)33-21(18)24-16(25)11-32-17(26)9-13-7-8-14(29-4)10-15(13)30-5/h7-8,10H,6,9,11H2,1-5H3,(H,23,27)(H,24,25). The number of esters is 2. The molecule has 10 nitrogen and oxygen atoms in total. The van der Waals surface area contributed by atoms with Gasteiger partial charge >= 0.3 is 11.9 Å². The van der Waals surface area contributed by atoms with Gasteiger partial charge in [-0.25, -0.2) is 4.79 Å². The maximum atomic E-state index is 12.4. The van der Waals surface area contributed by atoms with E-state index in [0.717, 1.165) is 11.3 Å². The smallest absolute Gasteiger partial charge is 0.341 e. The highest BCUT2D eigenvalue weighted by Gasteiger charge is 2.26. The van der Waals surface area contributed by atoms with Crippen molar-refractivity contribution < 1.29 is 38.1 Å². The van der Waals surface area contributed by atoms with Gasteiger partial charge < -0.3 is 29.6 Å². The summed E-state index contributed by atoms with van der Waals surface area (Å²) in [6.45, 7) is 2.79. The number of amides is 2. The second-order valence-corrected chi connectivity index (χ2v) is 7.64. The number of carbonyl (C=O) groups excluding carboxylic acids is 4. The average Bonchev–Trinajstić information content (AvgIpc) is 3.13. The molecule has 2 amide bonds. The second kappa shape index (κ2) is 11.9. The first kappa shape index (κ1) is 25.7. The monoisotopic (exact) mass is 478 g/mol. The predicted octanol–water partition coefficient (Wildman–Crippen LogP) is 2.33. The first-order valence-electron chi connectivity index (χ1n) is 9.94. The van der Waals surface area contributed by atoms with E-state index >= 15 is 0 Å². The Morgan fingerprint density at radius 3 is 2.39 bits per heavy atom. The van der Waals surface area contributed by atoms with Gasteiger partial charge in [-0.3, -0.25) is 14.4 Å². The van der Waals surface area contributed by atoms with Crippen LogP contribution in [0.4, 0.5) is 5.00 Å². The summed E-state index contributed by atoms with van der Waals surface area (Å²) in [5, 5.41) is 5.15. The number of ether oxygens (including phenoxy) is 4. The molecule has 0 spiro atoms. The Hall–Kier alpha value is -3.60. The van der Waals surface area contributed by atoms with Crippen LogP contribution < -0.4 is 20.1 Å². The molecule has 0 bridgehead atoms. The first-order chi connectivity index (χ1) is 15.7. The quantitative estimate of drug-likeness (QED) is 0.498. The molecule has 11 heteroatoms. The molecule has 0 saturated carbocycles. The van der Waals surface area contributed by atoms with Gasteiger partial charge in [0.25, 0.3) is 11.8 Å². The number of benzene rings is 1. The van der Waals surface area contributed by atoms with Crippen LogP contribution in [0.3, 0.4) is 0 Å². The van der Waals surface area contributed by atoms with E-state index < -0.39 is 30.4 Å². The highest BCUT2D eigenvalue weighted by molar-refractivity contribution is 7.18. The fraction of sp³-hybridized carbons (Fsp3) is 0.364. The summed E-state index contributed by atoms with van der Waals surface area (Å²) >= 11 is 0.933. The lowest BCUT2D eigenvalue weighted by Crippen LogP contribution is -2.22. The van der Waals surface area contributed by atoms with Crippen molar-refractivity contribution in [3.63, 3.8) is 0 Å². The maximum Gasteiger partial charge on any atom is 0.341 e. The maximum absolute atomic E-state index is 12.4. The summed E-state index contributed by atoms with van der Waals surface area (Å²) in [6.07, 6.45) is -0.118. The van der Waals surface area contributed by atoms with E-state index in [9.17, 15) is 19.2 Å². The zero-order chi connectivity index (χ0) is 24.5. The van der Waals surface area contributed by atoms with Crippen molar-refractivity contribution in [1.82, 2.24) is 5.32 Å². The van der Waals surface area contributed by atoms with Crippen LogP contribution >= 0.6 is 11.3 Å². The van der Waals surface area contributed by atoms with Crippen LogP contribution in [0.15, 0.2) is 18.2 Å². The summed E-state index contributed by atoms with van der Waals surface area (Å²) in [5.74, 6) is -1.36. The summed E-state index contributed by atoms with van der Waals surface area (Å²) < 4.78 is 20.5. The van der Waals surface area contributed by atoms with Crippen molar-refractivity contribution in [2.45, 2.75) is 20.3 Å². The van der Waals surface area contributed by atoms with Gasteiger partial charge in [-0.2, -0.15) is 0 Å². The number of carbonyl (C=O) groups is 4. The normalized spacial score (nSPS) is 10.2. The van der Waals surface area contributed by atoms with Gasteiger partial charge in [0.15, 0.2) is 6.61 Å². The molecule has 178 valence electrons. The number of nitrogens with one attached hydrogen (secondary N) is 2. The van der Waals surface area contributed by atoms with E-state index in [0.29, 0.717) is 22.6 Å². The van der Waals surface area contributed by atoms with Gasteiger partial charge in [-0.05, 0) is 25.5 Å². The van der Waals surface area contributed by atoms with Crippen LogP contribution in [0.5, 0.6) is 11.5 Å². The molecule has 0 atom stereocenters. The minimum Gasteiger partial charge on any atom is -0.497 e. The van der Waals surface area contributed by atoms with Gasteiger partial charge in [-0.1, -0.05) is 6.07 Å². The van der Waals surface area contributed by atoms with Crippen molar-refractivity contribution in [1.29, 1.82) is 0 Å². The summed E-state index contributed by atoms with van der Waals surface area (Å²) in [7, 11) is 4.44. The Morgan fingerprint density at radius 1 is 1.06 bits per heavy atom. The molecule has 1 aromatic carbocycles. The minimum absolute atomic E-state index is 0.0862. The minimum atomic E-state index is -0.666. The van der Waals surface area contributed by atoms with Crippen LogP contribution in [-0.4, -0.2) is 58.2 Å². The van der Waals surface area contributed by atoms with Crippen LogP contribution in [0, 0.1) is 6.92 Å². The number of hydrogen-bond donors (Lipinski definition) is 2. The average molecular weight is 479 g/mol. The third kappa shape index (κ3) is 6.45. The second-order valence-electron chi connectivity index (χ2n) is 6.62. The highest BCUT2D eigenvalue weighted by Crippen LogP contribution is 2.33. The molecule has 0 aliphatic carbocycles. The van der Waals surface area contributed by atoms with Crippen molar-refractivity contribution in [2.24, 2.45) is 0 Å². The van der Waals surface area contributed by atoms with Crippen LogP contribution in [0.25, 0.3) is 0 Å². The Morgan fingerprint density at radius 2 is 1.79 bits per heavy atom. The molecule has 1 heterocycles. The van der Waals surface area contributed by atoms with E-state index in [1.54, 1.807) is 32.0 Å². The summed E-state index contributed by atoms with van der Waals surface area (Å²) in [5.41, 5.74) is 1.04. The molecule has 0 radical (unpaired) electrons. The van der Waals surface area contributed by atoms with Crippen molar-refractivity contribution in [3.05, 3.63) is 39.8 Å². The number of rotatable bonds is 10. The molecule has 2 N–H and O–H groups in total. The molecule has 0 aliphatic heterocycles. The van der Waals surface area contributed by atoms with Crippen molar-refractivity contribution in [3.8, 4) is 11.5 Å². The third-order valence-corrected chi connectivity index (χ3v) is 5.71. The van der Waals surface area contributed by atoms with E-state index in [4.69, 9.17) is 18.9 Å². The van der Waals surface area contributed by atoms with Gasteiger partial charge in [0.1, 0.15) is 16.5 Å². The van der Waals surface area contributed by atoms with Gasteiger partial charge in [0.05, 0.1) is 37.7 Å². The Kier molecular flexibility index (Phi) is 9.22. The molecule has 0 aliphatic rings. The molecule has 1 aromatic heterocycles. The topological polar surface area (TPSA) is 129 Å². The van der Waals surface area contributed by atoms with Gasteiger partial charge in [0, 0.05) is 18.7 Å². The van der Waals surface area contributed by atoms with Crippen molar-refractivity contribution in [2.75, 3.05) is 39.8 Å². The molecule has 2 rings (SSSR count). The van der Waals surface area contributed by atoms with E-state index in [2.05, 4.69) is 10.6 Å². The molecule has 0 saturated heterocycles. The van der Waals surface area contributed by atoms with Crippen LogP contribution in [0.1, 0.15) is 38.1 Å². The zero-order valence-corrected chi connectivity index (χ0v) is 19.8. The molecule has 0 unspecified atom stereocenters. The molecular formula is C22H26N2O8S. The van der Waals surface area contributed by atoms with E-state index in [1.807, 2.05) is 0 Å². The zero-order valence-electron chi connectivity index (χ0n) is 19.0. The van der Waals surface area contributed by atoms with Gasteiger partial charge in [0.2, 0.25) is 0 Å². The van der Waals surface area contributed by atoms with Crippen molar-refractivity contribution >= 4 is 40.1 Å². The highest BCUT2D eigenvalue weighted by atomic mass is 32.1. The predicted molar refractivity (Wildman–Crippen MR) is 121 cm³/mol. The number of thiophene rings is 1. The van der Waals surface area contributed by atoms with Crippen LogP contribution in [0.2, 0.25) is 0 Å². The summed E-state index contributed by atoms with van der Waals surface area (Å²) in [4.78, 5) is 49.3. The molecule has 33 heavy (non-hydrogen) atoms. The lowest BCUT2D eigenvalue weighted by atomic mass is 10.1. The lowest BCUT2D eigenvalue weighted by Gasteiger charge is -2.10. The van der Waals surface area contributed by atoms with E-state index in [-0.39, 0.29) is 28.5 Å². The largest absolute Gasteiger partial charge is 0.497 e. The first-order valence-corrected chi connectivity index (χ1v) is 10.8. The Labute approximate surface area is 195 Å². The molecule has 2 aromatic rings. The number of anilines is 1.